The molecule has 1 rings (SSSR count). The van der Waals surface area contributed by atoms with Gasteiger partial charge in [-0.1, -0.05) is 13.3 Å². The van der Waals surface area contributed by atoms with Crippen LogP contribution in [0.1, 0.15) is 19.8 Å². The Morgan fingerprint density at radius 3 is 2.71 bits per heavy atom. The van der Waals surface area contributed by atoms with Gasteiger partial charge in [-0.15, -0.1) is 0 Å². The maximum absolute atomic E-state index is 5.15. The van der Waals surface area contributed by atoms with Gasteiger partial charge in [0, 0.05) is 31.2 Å². The molecular weight excluding hydrogens is 176 g/mol. The number of rotatable bonds is 6. The van der Waals surface area contributed by atoms with Gasteiger partial charge in [-0.2, -0.15) is 0 Å². The molecule has 1 N–H and O–H groups in total. The van der Waals surface area contributed by atoms with Crippen LogP contribution in [0.25, 0.3) is 0 Å². The molecule has 0 aliphatic carbocycles. The third-order valence-corrected chi connectivity index (χ3v) is 2.06. The number of anilines is 1. The van der Waals surface area contributed by atoms with E-state index in [1.165, 1.54) is 0 Å². The average molecular weight is 194 g/mol. The molecule has 3 nitrogen and oxygen atoms in total. The molecule has 0 amide bonds. The zero-order chi connectivity index (χ0) is 10.2. The summed E-state index contributed by atoms with van der Waals surface area (Å²) in [6.45, 7) is 2.92. The second-order valence-electron chi connectivity index (χ2n) is 3.32. The van der Waals surface area contributed by atoms with Gasteiger partial charge in [0.15, 0.2) is 0 Å². The van der Waals surface area contributed by atoms with Crippen molar-refractivity contribution in [2.24, 2.45) is 0 Å². The molecule has 0 saturated heterocycles. The van der Waals surface area contributed by atoms with Crippen LogP contribution in [0.5, 0.6) is 0 Å². The van der Waals surface area contributed by atoms with Crippen molar-refractivity contribution in [1.29, 1.82) is 0 Å². The van der Waals surface area contributed by atoms with Gasteiger partial charge in [0.1, 0.15) is 0 Å². The van der Waals surface area contributed by atoms with E-state index in [1.807, 2.05) is 12.1 Å². The number of nitrogens with one attached hydrogen (secondary N) is 1. The van der Waals surface area contributed by atoms with Gasteiger partial charge in [-0.05, 0) is 18.6 Å². The molecule has 1 aromatic rings. The maximum Gasteiger partial charge on any atom is 0.0664 e. The van der Waals surface area contributed by atoms with Gasteiger partial charge in [-0.25, -0.2) is 0 Å². The summed E-state index contributed by atoms with van der Waals surface area (Å²) in [5.74, 6) is 0. The Balaban J connectivity index is 2.46. The van der Waals surface area contributed by atoms with Crippen LogP contribution in [0.2, 0.25) is 0 Å². The van der Waals surface area contributed by atoms with E-state index in [0.717, 1.165) is 25.1 Å². The third kappa shape index (κ3) is 3.75. The number of hydrogen-bond acceptors (Lipinski definition) is 3. The van der Waals surface area contributed by atoms with E-state index in [-0.39, 0.29) is 0 Å². The van der Waals surface area contributed by atoms with Crippen LogP contribution in [0.4, 0.5) is 5.69 Å². The minimum absolute atomic E-state index is 0.396. The number of aromatic nitrogens is 1. The number of ether oxygens (including phenoxy) is 1. The molecular formula is C11H18N2O. The topological polar surface area (TPSA) is 34.1 Å². The minimum atomic E-state index is 0.396. The molecule has 0 aliphatic rings. The molecule has 1 aromatic heterocycles. The van der Waals surface area contributed by atoms with Crippen LogP contribution in [-0.4, -0.2) is 24.7 Å². The van der Waals surface area contributed by atoms with Crippen LogP contribution >= 0.6 is 0 Å². The van der Waals surface area contributed by atoms with Crippen molar-refractivity contribution >= 4 is 5.69 Å². The Labute approximate surface area is 85.5 Å². The molecule has 78 valence electrons. The standard InChI is InChI=1S/C11H18N2O/c1-3-4-11(9-14-2)13-10-5-7-12-8-6-10/h5-8,11H,3-4,9H2,1-2H3,(H,12,13). The first-order valence-electron chi connectivity index (χ1n) is 5.02. The van der Waals surface area contributed by atoms with E-state index in [1.54, 1.807) is 19.5 Å². The lowest BCUT2D eigenvalue weighted by Gasteiger charge is -2.18. The summed E-state index contributed by atoms with van der Waals surface area (Å²) < 4.78 is 5.15. The first kappa shape index (κ1) is 11.0. The van der Waals surface area contributed by atoms with Crippen LogP contribution in [0, 0.1) is 0 Å². The van der Waals surface area contributed by atoms with Crippen molar-refractivity contribution in [1.82, 2.24) is 4.98 Å². The van der Waals surface area contributed by atoms with Crippen molar-refractivity contribution in [2.45, 2.75) is 25.8 Å². The molecule has 0 radical (unpaired) electrons. The van der Waals surface area contributed by atoms with Gasteiger partial charge >= 0.3 is 0 Å². The summed E-state index contributed by atoms with van der Waals surface area (Å²) in [5.41, 5.74) is 1.11. The first-order valence-corrected chi connectivity index (χ1v) is 5.02. The lowest BCUT2D eigenvalue weighted by molar-refractivity contribution is 0.182. The second-order valence-corrected chi connectivity index (χ2v) is 3.32. The lowest BCUT2D eigenvalue weighted by atomic mass is 10.2. The highest BCUT2D eigenvalue weighted by Crippen LogP contribution is 2.09. The van der Waals surface area contributed by atoms with Crippen LogP contribution in [0.15, 0.2) is 24.5 Å². The second kappa shape index (κ2) is 6.38. The molecule has 1 heterocycles. The Hall–Kier alpha value is -1.09. The fourth-order valence-electron chi connectivity index (χ4n) is 1.43. The van der Waals surface area contributed by atoms with Crippen LogP contribution in [0.3, 0.4) is 0 Å². The molecule has 0 bridgehead atoms. The number of pyridine rings is 1. The highest BCUT2D eigenvalue weighted by Gasteiger charge is 2.05. The minimum Gasteiger partial charge on any atom is -0.383 e. The van der Waals surface area contributed by atoms with Crippen molar-refractivity contribution in [2.75, 3.05) is 19.0 Å². The zero-order valence-electron chi connectivity index (χ0n) is 8.86. The Kier molecular flexibility index (Phi) is 5.00. The zero-order valence-corrected chi connectivity index (χ0v) is 8.86. The molecule has 0 spiro atoms. The van der Waals surface area contributed by atoms with Crippen LogP contribution < -0.4 is 5.32 Å². The van der Waals surface area contributed by atoms with Gasteiger partial charge in [0.25, 0.3) is 0 Å². The third-order valence-electron chi connectivity index (χ3n) is 2.06. The summed E-state index contributed by atoms with van der Waals surface area (Å²) in [7, 11) is 1.73. The monoisotopic (exact) mass is 194 g/mol. The van der Waals surface area contributed by atoms with Crippen molar-refractivity contribution < 1.29 is 4.74 Å². The van der Waals surface area contributed by atoms with E-state index in [4.69, 9.17) is 4.74 Å². The molecule has 1 atom stereocenters. The molecule has 0 aliphatic heterocycles. The van der Waals surface area contributed by atoms with Gasteiger partial charge in [-0.3, -0.25) is 4.98 Å². The smallest absolute Gasteiger partial charge is 0.0664 e. The normalized spacial score (nSPS) is 12.4. The predicted octanol–water partition coefficient (Wildman–Crippen LogP) is 2.31. The Bertz CT molecular complexity index is 232. The van der Waals surface area contributed by atoms with Crippen LogP contribution in [-0.2, 0) is 4.74 Å². The van der Waals surface area contributed by atoms with Crippen molar-refractivity contribution in [3.05, 3.63) is 24.5 Å². The Morgan fingerprint density at radius 1 is 1.43 bits per heavy atom. The first-order chi connectivity index (χ1) is 6.86. The summed E-state index contributed by atoms with van der Waals surface area (Å²) in [6, 6.07) is 4.34. The predicted molar refractivity (Wildman–Crippen MR) is 58.4 cm³/mol. The fraction of sp³-hybridized carbons (Fsp3) is 0.545. The summed E-state index contributed by atoms with van der Waals surface area (Å²) in [4.78, 5) is 3.97. The number of methoxy groups -OCH3 is 1. The van der Waals surface area contributed by atoms with Gasteiger partial charge in [0.05, 0.1) is 6.61 Å². The van der Waals surface area contributed by atoms with Crippen molar-refractivity contribution in [3.63, 3.8) is 0 Å². The van der Waals surface area contributed by atoms with E-state index in [0.29, 0.717) is 6.04 Å². The molecule has 3 heteroatoms. The van der Waals surface area contributed by atoms with Crippen molar-refractivity contribution in [3.8, 4) is 0 Å². The molecule has 1 unspecified atom stereocenters. The van der Waals surface area contributed by atoms with Gasteiger partial charge < -0.3 is 10.1 Å². The largest absolute Gasteiger partial charge is 0.383 e. The SMILES string of the molecule is CCCC(COC)Nc1ccncc1. The van der Waals surface area contributed by atoms with E-state index >= 15 is 0 Å². The van der Waals surface area contributed by atoms with E-state index in [9.17, 15) is 0 Å². The maximum atomic E-state index is 5.15. The average Bonchev–Trinajstić information content (AvgIpc) is 2.20. The highest BCUT2D eigenvalue weighted by atomic mass is 16.5. The molecule has 14 heavy (non-hydrogen) atoms. The molecule has 0 fully saturated rings. The highest BCUT2D eigenvalue weighted by molar-refractivity contribution is 5.41. The fourth-order valence-corrected chi connectivity index (χ4v) is 1.43. The number of hydrogen-bond donors (Lipinski definition) is 1. The summed E-state index contributed by atoms with van der Waals surface area (Å²) in [6.07, 6.45) is 5.86. The lowest BCUT2D eigenvalue weighted by Crippen LogP contribution is -2.24. The molecule has 0 saturated carbocycles. The summed E-state index contributed by atoms with van der Waals surface area (Å²) >= 11 is 0. The number of nitrogens with zero attached hydrogens (tertiary/aromatic N) is 1. The van der Waals surface area contributed by atoms with E-state index in [2.05, 4.69) is 17.2 Å². The van der Waals surface area contributed by atoms with E-state index < -0.39 is 0 Å². The van der Waals surface area contributed by atoms with Gasteiger partial charge in [0.2, 0.25) is 0 Å². The quantitative estimate of drug-likeness (QED) is 0.754. The Morgan fingerprint density at radius 2 is 2.14 bits per heavy atom. The molecule has 0 aromatic carbocycles. The summed E-state index contributed by atoms with van der Waals surface area (Å²) in [5, 5.41) is 3.42.